The lowest BCUT2D eigenvalue weighted by Crippen LogP contribution is -2.46. The van der Waals surface area contributed by atoms with E-state index in [0.29, 0.717) is 6.61 Å². The number of benzene rings is 1. The molecule has 100 valence electrons. The first kappa shape index (κ1) is 13.2. The van der Waals surface area contributed by atoms with E-state index in [2.05, 4.69) is 42.3 Å². The summed E-state index contributed by atoms with van der Waals surface area (Å²) in [5, 5.41) is 3.59. The number of anilines is 1. The number of hydrogen-bond donors (Lipinski definition) is 1. The molecule has 1 aliphatic rings. The number of para-hydroxylation sites is 2. The second-order valence-corrected chi connectivity index (χ2v) is 5.49. The fraction of sp³-hybridized carbons (Fsp3) is 0.600. The van der Waals surface area contributed by atoms with Crippen LogP contribution in [0, 0.1) is 0 Å². The van der Waals surface area contributed by atoms with Crippen molar-refractivity contribution in [3.8, 4) is 5.75 Å². The van der Waals surface area contributed by atoms with E-state index in [9.17, 15) is 0 Å². The number of nitrogens with one attached hydrogen (secondary N) is 1. The lowest BCUT2D eigenvalue weighted by Gasteiger charge is -2.32. The van der Waals surface area contributed by atoms with Crippen molar-refractivity contribution in [2.75, 3.05) is 31.1 Å². The monoisotopic (exact) mass is 248 g/mol. The topological polar surface area (TPSA) is 24.5 Å². The van der Waals surface area contributed by atoms with Crippen molar-refractivity contribution in [1.29, 1.82) is 0 Å². The maximum absolute atomic E-state index is 5.74. The Hall–Kier alpha value is -1.22. The van der Waals surface area contributed by atoms with E-state index in [1.165, 1.54) is 12.1 Å². The zero-order chi connectivity index (χ0) is 13.0. The minimum absolute atomic E-state index is 0.149. The van der Waals surface area contributed by atoms with Crippen molar-refractivity contribution >= 4 is 5.69 Å². The van der Waals surface area contributed by atoms with Gasteiger partial charge in [0.05, 0.1) is 12.3 Å². The molecule has 1 N–H and O–H groups in total. The van der Waals surface area contributed by atoms with Gasteiger partial charge in [-0.1, -0.05) is 12.1 Å². The van der Waals surface area contributed by atoms with Gasteiger partial charge in [0, 0.05) is 18.6 Å². The summed E-state index contributed by atoms with van der Waals surface area (Å²) in [4.78, 5) is 2.44. The molecule has 3 heteroatoms. The lowest BCUT2D eigenvalue weighted by molar-refractivity contribution is 0.339. The molecule has 1 saturated heterocycles. The molecule has 1 aromatic rings. The maximum Gasteiger partial charge on any atom is 0.142 e. The van der Waals surface area contributed by atoms with Crippen molar-refractivity contribution in [1.82, 2.24) is 5.32 Å². The maximum atomic E-state index is 5.74. The van der Waals surface area contributed by atoms with Crippen molar-refractivity contribution in [3.63, 3.8) is 0 Å². The van der Waals surface area contributed by atoms with Gasteiger partial charge in [-0.25, -0.2) is 0 Å². The first-order valence-electron chi connectivity index (χ1n) is 6.84. The predicted octanol–water partition coefficient (Wildman–Crippen LogP) is 2.66. The third-order valence-electron chi connectivity index (χ3n) is 3.30. The third-order valence-corrected chi connectivity index (χ3v) is 3.30. The molecule has 0 saturated carbocycles. The van der Waals surface area contributed by atoms with Crippen molar-refractivity contribution in [3.05, 3.63) is 24.3 Å². The molecular formula is C15H24N2O. The van der Waals surface area contributed by atoms with Crippen LogP contribution in [0.5, 0.6) is 5.75 Å². The van der Waals surface area contributed by atoms with E-state index in [4.69, 9.17) is 4.74 Å². The number of rotatable bonds is 3. The van der Waals surface area contributed by atoms with E-state index in [1.807, 2.05) is 13.0 Å². The normalized spacial score (nSPS) is 19.4. The van der Waals surface area contributed by atoms with E-state index in [1.54, 1.807) is 0 Å². The molecule has 0 spiro atoms. The van der Waals surface area contributed by atoms with Crippen LogP contribution < -0.4 is 15.0 Å². The van der Waals surface area contributed by atoms with Crippen LogP contribution in [0.1, 0.15) is 27.2 Å². The van der Waals surface area contributed by atoms with Crippen LogP contribution in [-0.2, 0) is 0 Å². The molecule has 0 bridgehead atoms. The van der Waals surface area contributed by atoms with Gasteiger partial charge in [0.2, 0.25) is 0 Å². The highest BCUT2D eigenvalue weighted by Crippen LogP contribution is 2.30. The molecule has 18 heavy (non-hydrogen) atoms. The van der Waals surface area contributed by atoms with E-state index < -0.39 is 0 Å². The van der Waals surface area contributed by atoms with Gasteiger partial charge in [-0.3, -0.25) is 0 Å². The Morgan fingerprint density at radius 3 is 2.89 bits per heavy atom. The predicted molar refractivity (Wildman–Crippen MR) is 76.5 cm³/mol. The van der Waals surface area contributed by atoms with Crippen LogP contribution in [0.4, 0.5) is 5.69 Å². The SMILES string of the molecule is CCOc1ccccc1N1CCCNC(C)(C)C1. The highest BCUT2D eigenvalue weighted by molar-refractivity contribution is 5.58. The fourth-order valence-electron chi connectivity index (χ4n) is 2.51. The molecule has 0 atom stereocenters. The van der Waals surface area contributed by atoms with Gasteiger partial charge in [0.1, 0.15) is 5.75 Å². The Morgan fingerprint density at radius 2 is 2.11 bits per heavy atom. The summed E-state index contributed by atoms with van der Waals surface area (Å²) in [6, 6.07) is 8.34. The first-order chi connectivity index (χ1) is 8.62. The summed E-state index contributed by atoms with van der Waals surface area (Å²) in [6.07, 6.45) is 1.17. The zero-order valence-electron chi connectivity index (χ0n) is 11.7. The van der Waals surface area contributed by atoms with Gasteiger partial charge in [-0.2, -0.15) is 0 Å². The second-order valence-electron chi connectivity index (χ2n) is 5.49. The Morgan fingerprint density at radius 1 is 1.33 bits per heavy atom. The van der Waals surface area contributed by atoms with E-state index >= 15 is 0 Å². The number of ether oxygens (including phenoxy) is 1. The van der Waals surface area contributed by atoms with Crippen LogP contribution in [-0.4, -0.2) is 31.8 Å². The minimum atomic E-state index is 0.149. The zero-order valence-corrected chi connectivity index (χ0v) is 11.7. The van der Waals surface area contributed by atoms with Crippen LogP contribution in [0.25, 0.3) is 0 Å². The van der Waals surface area contributed by atoms with Crippen molar-refractivity contribution < 1.29 is 4.74 Å². The average molecular weight is 248 g/mol. The number of nitrogens with zero attached hydrogens (tertiary/aromatic N) is 1. The van der Waals surface area contributed by atoms with Crippen LogP contribution in [0.2, 0.25) is 0 Å². The molecule has 1 aromatic carbocycles. The van der Waals surface area contributed by atoms with Crippen LogP contribution in [0.15, 0.2) is 24.3 Å². The molecule has 2 rings (SSSR count). The van der Waals surface area contributed by atoms with Gasteiger partial charge in [0.25, 0.3) is 0 Å². The smallest absolute Gasteiger partial charge is 0.142 e. The molecule has 0 aliphatic carbocycles. The van der Waals surface area contributed by atoms with Gasteiger partial charge >= 0.3 is 0 Å². The van der Waals surface area contributed by atoms with Gasteiger partial charge in [0.15, 0.2) is 0 Å². The highest BCUT2D eigenvalue weighted by atomic mass is 16.5. The standard InChI is InChI=1S/C15H24N2O/c1-4-18-14-9-6-5-8-13(14)17-11-7-10-16-15(2,3)12-17/h5-6,8-9,16H,4,7,10-12H2,1-3H3. The second kappa shape index (κ2) is 5.61. The molecule has 1 fully saturated rings. The van der Waals surface area contributed by atoms with E-state index in [-0.39, 0.29) is 5.54 Å². The number of hydrogen-bond acceptors (Lipinski definition) is 3. The van der Waals surface area contributed by atoms with E-state index in [0.717, 1.165) is 25.4 Å². The summed E-state index contributed by atoms with van der Waals surface area (Å²) < 4.78 is 5.74. The Balaban J connectivity index is 2.23. The molecular weight excluding hydrogens is 224 g/mol. The Labute approximate surface area is 110 Å². The summed E-state index contributed by atoms with van der Waals surface area (Å²) in [5.41, 5.74) is 1.37. The highest BCUT2D eigenvalue weighted by Gasteiger charge is 2.25. The average Bonchev–Trinajstić information content (AvgIpc) is 2.51. The Kier molecular flexibility index (Phi) is 4.12. The Bertz CT molecular complexity index is 390. The lowest BCUT2D eigenvalue weighted by atomic mass is 10.1. The molecule has 3 nitrogen and oxygen atoms in total. The summed E-state index contributed by atoms with van der Waals surface area (Å²) in [6.45, 7) is 10.4. The summed E-state index contributed by atoms with van der Waals surface area (Å²) in [7, 11) is 0. The van der Waals surface area contributed by atoms with Gasteiger partial charge in [-0.05, 0) is 45.9 Å². The largest absolute Gasteiger partial charge is 0.492 e. The van der Waals surface area contributed by atoms with Gasteiger partial charge < -0.3 is 15.0 Å². The molecule has 0 unspecified atom stereocenters. The first-order valence-corrected chi connectivity index (χ1v) is 6.84. The quantitative estimate of drug-likeness (QED) is 0.890. The minimum Gasteiger partial charge on any atom is -0.492 e. The third kappa shape index (κ3) is 3.16. The molecule has 1 aliphatic heterocycles. The van der Waals surface area contributed by atoms with Crippen molar-refractivity contribution in [2.45, 2.75) is 32.7 Å². The van der Waals surface area contributed by atoms with Gasteiger partial charge in [-0.15, -0.1) is 0 Å². The van der Waals surface area contributed by atoms with Crippen LogP contribution in [0.3, 0.4) is 0 Å². The molecule has 0 amide bonds. The molecule has 0 aromatic heterocycles. The summed E-state index contributed by atoms with van der Waals surface area (Å²) in [5.74, 6) is 0.998. The fourth-order valence-corrected chi connectivity index (χ4v) is 2.51. The van der Waals surface area contributed by atoms with Crippen LogP contribution >= 0.6 is 0 Å². The summed E-state index contributed by atoms with van der Waals surface area (Å²) >= 11 is 0. The van der Waals surface area contributed by atoms with Crippen molar-refractivity contribution in [2.24, 2.45) is 0 Å². The molecule has 0 radical (unpaired) electrons. The molecule has 1 heterocycles.